The lowest BCUT2D eigenvalue weighted by Crippen LogP contribution is -2.27. The van der Waals surface area contributed by atoms with Gasteiger partial charge in [0, 0.05) is 30.4 Å². The van der Waals surface area contributed by atoms with Crippen molar-refractivity contribution in [3.05, 3.63) is 36.5 Å². The predicted octanol–water partition coefficient (Wildman–Crippen LogP) is 3.96. The van der Waals surface area contributed by atoms with Crippen LogP contribution < -0.4 is 4.90 Å². The van der Waals surface area contributed by atoms with Crippen molar-refractivity contribution in [1.82, 2.24) is 4.98 Å². The number of piperidine rings is 1. The van der Waals surface area contributed by atoms with Crippen LogP contribution >= 0.6 is 0 Å². The molecule has 2 aromatic rings. The molecule has 1 aromatic heterocycles. The van der Waals surface area contributed by atoms with Crippen LogP contribution in [-0.2, 0) is 0 Å². The van der Waals surface area contributed by atoms with Gasteiger partial charge in [0.25, 0.3) is 0 Å². The Bertz CT molecular complexity index is 644. The van der Waals surface area contributed by atoms with Crippen molar-refractivity contribution in [2.45, 2.75) is 20.8 Å². The van der Waals surface area contributed by atoms with Crippen LogP contribution in [0.15, 0.2) is 36.5 Å². The smallest absolute Gasteiger partial charge is 0.0703 e. The van der Waals surface area contributed by atoms with E-state index in [2.05, 4.69) is 54.9 Å². The van der Waals surface area contributed by atoms with Crippen LogP contribution in [0.3, 0.4) is 0 Å². The molecule has 2 fully saturated rings. The quantitative estimate of drug-likeness (QED) is 0.776. The molecule has 0 radical (unpaired) electrons. The van der Waals surface area contributed by atoms with Crippen molar-refractivity contribution in [3.8, 4) is 0 Å². The standard InChI is InChI=1S/C18H22N2/c1-18(2,3)17-14-10-20(11-15(14)17)13-6-7-16-12(9-13)5-4-8-19-16/h4-9,14-15,17H,10-11H2,1-3H3. The number of benzene rings is 1. The van der Waals surface area contributed by atoms with E-state index < -0.39 is 0 Å². The van der Waals surface area contributed by atoms with Crippen molar-refractivity contribution >= 4 is 16.6 Å². The molecular formula is C18H22N2. The number of hydrogen-bond donors (Lipinski definition) is 0. The number of anilines is 1. The number of nitrogens with zero attached hydrogens (tertiary/aromatic N) is 2. The zero-order valence-electron chi connectivity index (χ0n) is 12.5. The monoisotopic (exact) mass is 266 g/mol. The third kappa shape index (κ3) is 1.81. The Labute approximate surface area is 120 Å². The summed E-state index contributed by atoms with van der Waals surface area (Å²) in [5.74, 6) is 2.76. The van der Waals surface area contributed by atoms with Crippen LogP contribution in [0.4, 0.5) is 5.69 Å². The molecule has 0 amide bonds. The van der Waals surface area contributed by atoms with E-state index in [1.54, 1.807) is 0 Å². The maximum Gasteiger partial charge on any atom is 0.0703 e. The molecule has 2 unspecified atom stereocenters. The molecule has 0 N–H and O–H groups in total. The van der Waals surface area contributed by atoms with Crippen LogP contribution in [-0.4, -0.2) is 18.1 Å². The molecule has 2 atom stereocenters. The molecule has 0 spiro atoms. The molecule has 1 aliphatic carbocycles. The Kier molecular flexibility index (Phi) is 2.42. The van der Waals surface area contributed by atoms with E-state index in [9.17, 15) is 0 Å². The minimum absolute atomic E-state index is 0.481. The normalized spacial score (nSPS) is 28.8. The van der Waals surface area contributed by atoms with E-state index >= 15 is 0 Å². The number of pyridine rings is 1. The van der Waals surface area contributed by atoms with Crippen LogP contribution in [0.5, 0.6) is 0 Å². The van der Waals surface area contributed by atoms with Gasteiger partial charge in [0.05, 0.1) is 5.52 Å². The van der Waals surface area contributed by atoms with E-state index in [1.807, 2.05) is 12.3 Å². The summed E-state index contributed by atoms with van der Waals surface area (Å²) >= 11 is 0. The second kappa shape index (κ2) is 3.97. The highest BCUT2D eigenvalue weighted by Crippen LogP contribution is 2.60. The summed E-state index contributed by atoms with van der Waals surface area (Å²) in [4.78, 5) is 6.96. The summed E-state index contributed by atoms with van der Waals surface area (Å²) in [6.45, 7) is 9.64. The molecule has 2 heteroatoms. The lowest BCUT2D eigenvalue weighted by atomic mass is 9.87. The average Bonchev–Trinajstić information content (AvgIpc) is 2.96. The Hall–Kier alpha value is -1.57. The van der Waals surface area contributed by atoms with Crippen LogP contribution in [0.2, 0.25) is 0 Å². The van der Waals surface area contributed by atoms with Gasteiger partial charge in [0.2, 0.25) is 0 Å². The number of fused-ring (bicyclic) bond motifs is 2. The highest BCUT2D eigenvalue weighted by atomic mass is 15.2. The SMILES string of the molecule is CC(C)(C)C1C2CN(c3ccc4ncccc4c3)CC21. The minimum Gasteiger partial charge on any atom is -0.371 e. The van der Waals surface area contributed by atoms with Gasteiger partial charge in [-0.3, -0.25) is 4.98 Å². The summed E-state index contributed by atoms with van der Waals surface area (Å²) in [5, 5.41) is 1.25. The fourth-order valence-corrected chi connectivity index (χ4v) is 4.28. The topological polar surface area (TPSA) is 16.1 Å². The number of rotatable bonds is 1. The fraction of sp³-hybridized carbons (Fsp3) is 0.500. The van der Waals surface area contributed by atoms with Crippen molar-refractivity contribution in [1.29, 1.82) is 0 Å². The molecular weight excluding hydrogens is 244 g/mol. The van der Waals surface area contributed by atoms with Crippen molar-refractivity contribution in [2.75, 3.05) is 18.0 Å². The van der Waals surface area contributed by atoms with Crippen molar-refractivity contribution < 1.29 is 0 Å². The summed E-state index contributed by atoms with van der Waals surface area (Å²) in [5.41, 5.74) is 2.94. The minimum atomic E-state index is 0.481. The van der Waals surface area contributed by atoms with Gasteiger partial charge in [-0.15, -0.1) is 0 Å². The van der Waals surface area contributed by atoms with E-state index in [-0.39, 0.29) is 0 Å². The van der Waals surface area contributed by atoms with Crippen molar-refractivity contribution in [2.24, 2.45) is 23.2 Å². The Morgan fingerprint density at radius 1 is 1.10 bits per heavy atom. The zero-order valence-corrected chi connectivity index (χ0v) is 12.5. The van der Waals surface area contributed by atoms with Gasteiger partial charge in [-0.2, -0.15) is 0 Å². The highest BCUT2D eigenvalue weighted by molar-refractivity contribution is 5.82. The fourth-order valence-electron chi connectivity index (χ4n) is 4.28. The second-order valence-electron chi connectivity index (χ2n) is 7.50. The Morgan fingerprint density at radius 3 is 2.55 bits per heavy atom. The van der Waals surface area contributed by atoms with Gasteiger partial charge in [-0.1, -0.05) is 26.8 Å². The summed E-state index contributed by atoms with van der Waals surface area (Å²) in [6.07, 6.45) is 1.86. The Balaban J connectivity index is 1.55. The van der Waals surface area contributed by atoms with Crippen LogP contribution in [0, 0.1) is 23.2 Å². The summed E-state index contributed by atoms with van der Waals surface area (Å²) < 4.78 is 0. The lowest BCUT2D eigenvalue weighted by Gasteiger charge is -2.27. The van der Waals surface area contributed by atoms with Gasteiger partial charge in [-0.05, 0) is 47.4 Å². The first-order valence-electron chi connectivity index (χ1n) is 7.64. The molecule has 1 saturated carbocycles. The van der Waals surface area contributed by atoms with E-state index in [1.165, 1.54) is 24.2 Å². The maximum absolute atomic E-state index is 4.40. The Morgan fingerprint density at radius 2 is 1.85 bits per heavy atom. The molecule has 1 saturated heterocycles. The first-order valence-corrected chi connectivity index (χ1v) is 7.64. The number of hydrogen-bond acceptors (Lipinski definition) is 2. The second-order valence-corrected chi connectivity index (χ2v) is 7.50. The average molecular weight is 266 g/mol. The summed E-state index contributed by atoms with van der Waals surface area (Å²) in [7, 11) is 0. The van der Waals surface area contributed by atoms with E-state index in [0.29, 0.717) is 5.41 Å². The molecule has 1 aliphatic heterocycles. The molecule has 2 aliphatic rings. The molecule has 0 bridgehead atoms. The van der Waals surface area contributed by atoms with E-state index in [4.69, 9.17) is 0 Å². The van der Waals surface area contributed by atoms with Crippen LogP contribution in [0.25, 0.3) is 10.9 Å². The largest absolute Gasteiger partial charge is 0.371 e. The molecule has 4 rings (SSSR count). The van der Waals surface area contributed by atoms with E-state index in [0.717, 1.165) is 23.3 Å². The third-order valence-corrected chi connectivity index (χ3v) is 5.15. The van der Waals surface area contributed by atoms with Crippen molar-refractivity contribution in [3.63, 3.8) is 0 Å². The first-order chi connectivity index (χ1) is 9.54. The van der Waals surface area contributed by atoms with Gasteiger partial charge >= 0.3 is 0 Å². The van der Waals surface area contributed by atoms with Crippen LogP contribution in [0.1, 0.15) is 20.8 Å². The third-order valence-electron chi connectivity index (χ3n) is 5.15. The van der Waals surface area contributed by atoms with Gasteiger partial charge in [-0.25, -0.2) is 0 Å². The highest BCUT2D eigenvalue weighted by Gasteiger charge is 2.59. The molecule has 2 nitrogen and oxygen atoms in total. The first kappa shape index (κ1) is 12.2. The summed E-state index contributed by atoms with van der Waals surface area (Å²) in [6, 6.07) is 10.8. The molecule has 20 heavy (non-hydrogen) atoms. The van der Waals surface area contributed by atoms with Gasteiger partial charge < -0.3 is 4.90 Å². The predicted molar refractivity (Wildman–Crippen MR) is 83.9 cm³/mol. The molecule has 1 aromatic carbocycles. The zero-order chi connectivity index (χ0) is 13.9. The maximum atomic E-state index is 4.40. The number of aromatic nitrogens is 1. The van der Waals surface area contributed by atoms with Gasteiger partial charge in [0.1, 0.15) is 0 Å². The molecule has 2 heterocycles. The lowest BCUT2D eigenvalue weighted by molar-refractivity contribution is 0.309. The van der Waals surface area contributed by atoms with Gasteiger partial charge in [0.15, 0.2) is 0 Å². The molecule has 104 valence electrons.